The fraction of sp³-hybridized carbons (Fsp3) is 0.350. The van der Waals surface area contributed by atoms with Crippen molar-refractivity contribution in [1.29, 1.82) is 0 Å². The fourth-order valence-corrected chi connectivity index (χ4v) is 3.41. The number of anilines is 2. The summed E-state index contributed by atoms with van der Waals surface area (Å²) in [6.07, 6.45) is 2.09. The minimum atomic E-state index is -0.980. The summed E-state index contributed by atoms with van der Waals surface area (Å²) in [5.41, 5.74) is 4.06. The minimum absolute atomic E-state index is 0.226. The molecule has 2 heterocycles. The van der Waals surface area contributed by atoms with Gasteiger partial charge in [-0.1, -0.05) is 0 Å². The molecule has 136 valence electrons. The summed E-state index contributed by atoms with van der Waals surface area (Å²) < 4.78 is 0. The van der Waals surface area contributed by atoms with Crippen LogP contribution in [0.1, 0.15) is 50.9 Å². The minimum Gasteiger partial charge on any atom is -0.478 e. The van der Waals surface area contributed by atoms with Crippen LogP contribution < -0.4 is 10.2 Å². The van der Waals surface area contributed by atoms with Gasteiger partial charge in [0.2, 0.25) is 0 Å². The highest BCUT2D eigenvalue weighted by atomic mass is 16.4. The number of rotatable bonds is 4. The number of carbonyl (C=O) groups excluding carboxylic acids is 1. The Morgan fingerprint density at radius 1 is 1.23 bits per heavy atom. The number of nitrogens with zero attached hydrogens (tertiary/aromatic N) is 2. The quantitative estimate of drug-likeness (QED) is 0.880. The van der Waals surface area contributed by atoms with Crippen LogP contribution in [0, 0.1) is 13.8 Å². The first-order chi connectivity index (χ1) is 12.4. The number of hydrogen-bond acceptors (Lipinski definition) is 4. The zero-order chi connectivity index (χ0) is 18.8. The van der Waals surface area contributed by atoms with Crippen molar-refractivity contribution in [2.45, 2.75) is 33.6 Å². The van der Waals surface area contributed by atoms with Gasteiger partial charge in [0.15, 0.2) is 0 Å². The van der Waals surface area contributed by atoms with E-state index in [1.54, 1.807) is 19.1 Å². The van der Waals surface area contributed by atoms with Gasteiger partial charge in [0.1, 0.15) is 11.5 Å². The van der Waals surface area contributed by atoms with Gasteiger partial charge in [-0.05, 0) is 74.6 Å². The van der Waals surface area contributed by atoms with E-state index in [1.807, 2.05) is 13.0 Å². The molecule has 0 bridgehead atoms. The predicted octanol–water partition coefficient (Wildman–Crippen LogP) is 3.42. The Balaban J connectivity index is 1.88. The first-order valence-electron chi connectivity index (χ1n) is 8.81. The molecule has 1 aliphatic heterocycles. The van der Waals surface area contributed by atoms with E-state index in [0.29, 0.717) is 16.9 Å². The lowest BCUT2D eigenvalue weighted by molar-refractivity contribution is 0.0696. The van der Waals surface area contributed by atoms with Crippen molar-refractivity contribution in [2.75, 3.05) is 23.3 Å². The third-order valence-electron chi connectivity index (χ3n) is 4.81. The highest BCUT2D eigenvalue weighted by molar-refractivity contribution is 6.03. The van der Waals surface area contributed by atoms with Gasteiger partial charge in [0.05, 0.1) is 5.56 Å². The van der Waals surface area contributed by atoms with Crippen molar-refractivity contribution >= 4 is 23.4 Å². The van der Waals surface area contributed by atoms with Gasteiger partial charge in [0, 0.05) is 18.8 Å². The molecule has 1 aliphatic rings. The maximum atomic E-state index is 12.7. The SMILES string of the molecule is CCN1CCCc2c(C)cc(C(=O)Nc3ccc(C(=O)O)c(C)c3)nc21. The summed E-state index contributed by atoms with van der Waals surface area (Å²) in [5.74, 6) is -0.367. The summed E-state index contributed by atoms with van der Waals surface area (Å²) in [6.45, 7) is 7.63. The summed E-state index contributed by atoms with van der Waals surface area (Å²) in [5, 5.41) is 11.9. The Kier molecular flexibility index (Phi) is 4.93. The van der Waals surface area contributed by atoms with Crippen LogP contribution in [0.5, 0.6) is 0 Å². The van der Waals surface area contributed by atoms with Gasteiger partial charge < -0.3 is 15.3 Å². The number of aryl methyl sites for hydroxylation is 2. The highest BCUT2D eigenvalue weighted by Crippen LogP contribution is 2.28. The monoisotopic (exact) mass is 353 g/mol. The van der Waals surface area contributed by atoms with E-state index in [1.165, 1.54) is 11.6 Å². The van der Waals surface area contributed by atoms with Crippen molar-refractivity contribution in [1.82, 2.24) is 4.98 Å². The molecule has 2 N–H and O–H groups in total. The maximum Gasteiger partial charge on any atom is 0.335 e. The van der Waals surface area contributed by atoms with Gasteiger partial charge in [-0.2, -0.15) is 0 Å². The molecule has 0 saturated carbocycles. The first kappa shape index (κ1) is 17.9. The van der Waals surface area contributed by atoms with Gasteiger partial charge in [0.25, 0.3) is 5.91 Å². The lowest BCUT2D eigenvalue weighted by atomic mass is 10.00. The van der Waals surface area contributed by atoms with Gasteiger partial charge in [-0.25, -0.2) is 9.78 Å². The molecule has 0 fully saturated rings. The molecular formula is C20H23N3O3. The van der Waals surface area contributed by atoms with Crippen LogP contribution in [-0.2, 0) is 6.42 Å². The molecule has 2 aromatic rings. The van der Waals surface area contributed by atoms with Crippen molar-refractivity contribution < 1.29 is 14.7 Å². The molecule has 0 spiro atoms. The summed E-state index contributed by atoms with van der Waals surface area (Å²) in [6, 6.07) is 6.58. The van der Waals surface area contributed by atoms with Crippen LogP contribution in [0.15, 0.2) is 24.3 Å². The number of hydrogen-bond donors (Lipinski definition) is 2. The number of aromatic carboxylic acids is 1. The fourth-order valence-electron chi connectivity index (χ4n) is 3.41. The molecule has 0 aliphatic carbocycles. The summed E-state index contributed by atoms with van der Waals surface area (Å²) >= 11 is 0. The Hall–Kier alpha value is -2.89. The van der Waals surface area contributed by atoms with Crippen LogP contribution in [0.25, 0.3) is 0 Å². The Labute approximate surface area is 152 Å². The first-order valence-corrected chi connectivity index (χ1v) is 8.81. The molecule has 0 atom stereocenters. The number of nitrogens with one attached hydrogen (secondary N) is 1. The van der Waals surface area contributed by atoms with Gasteiger partial charge in [-0.15, -0.1) is 0 Å². The normalized spacial score (nSPS) is 13.3. The van der Waals surface area contributed by atoms with Crippen LogP contribution in [0.3, 0.4) is 0 Å². The lowest BCUT2D eigenvalue weighted by Gasteiger charge is -2.30. The highest BCUT2D eigenvalue weighted by Gasteiger charge is 2.22. The molecule has 1 aromatic heterocycles. The van der Waals surface area contributed by atoms with E-state index in [2.05, 4.69) is 22.1 Å². The van der Waals surface area contributed by atoms with Crippen molar-refractivity contribution in [3.05, 3.63) is 52.2 Å². The second-order valence-corrected chi connectivity index (χ2v) is 6.60. The number of benzene rings is 1. The molecule has 0 radical (unpaired) electrons. The van der Waals surface area contributed by atoms with E-state index in [9.17, 15) is 9.59 Å². The van der Waals surface area contributed by atoms with E-state index >= 15 is 0 Å². The smallest absolute Gasteiger partial charge is 0.335 e. The zero-order valence-corrected chi connectivity index (χ0v) is 15.3. The number of carboxylic acids is 1. The van der Waals surface area contributed by atoms with Crippen molar-refractivity contribution in [2.24, 2.45) is 0 Å². The topological polar surface area (TPSA) is 82.5 Å². The van der Waals surface area contributed by atoms with E-state index in [-0.39, 0.29) is 11.5 Å². The number of fused-ring (bicyclic) bond motifs is 1. The molecule has 3 rings (SSSR count). The van der Waals surface area contributed by atoms with E-state index in [4.69, 9.17) is 5.11 Å². The van der Waals surface area contributed by atoms with Crippen LogP contribution >= 0.6 is 0 Å². The summed E-state index contributed by atoms with van der Waals surface area (Å²) in [4.78, 5) is 30.6. The van der Waals surface area contributed by atoms with Crippen molar-refractivity contribution in [3.8, 4) is 0 Å². The van der Waals surface area contributed by atoms with Crippen LogP contribution in [0.4, 0.5) is 11.5 Å². The van der Waals surface area contributed by atoms with Gasteiger partial charge >= 0.3 is 5.97 Å². The molecular weight excluding hydrogens is 330 g/mol. The predicted molar refractivity (Wildman–Crippen MR) is 101 cm³/mol. The van der Waals surface area contributed by atoms with Gasteiger partial charge in [-0.3, -0.25) is 4.79 Å². The molecule has 1 aromatic carbocycles. The molecule has 6 nitrogen and oxygen atoms in total. The largest absolute Gasteiger partial charge is 0.478 e. The molecule has 0 saturated heterocycles. The molecule has 1 amide bonds. The Morgan fingerprint density at radius 3 is 2.65 bits per heavy atom. The van der Waals surface area contributed by atoms with Crippen molar-refractivity contribution in [3.63, 3.8) is 0 Å². The molecule has 0 unspecified atom stereocenters. The number of pyridine rings is 1. The number of carboxylic acid groups (broad SMARTS) is 1. The number of carbonyl (C=O) groups is 2. The Morgan fingerprint density at radius 2 is 2.00 bits per heavy atom. The average molecular weight is 353 g/mol. The second kappa shape index (κ2) is 7.15. The number of aromatic nitrogens is 1. The standard InChI is InChI=1S/C20H23N3O3/c1-4-23-9-5-6-15-13(3)11-17(22-18(15)23)19(24)21-14-7-8-16(20(25)26)12(2)10-14/h7-8,10-11H,4-6,9H2,1-3H3,(H,21,24)(H,25,26). The maximum absolute atomic E-state index is 12.7. The van der Waals surface area contributed by atoms with E-state index in [0.717, 1.165) is 37.3 Å². The third-order valence-corrected chi connectivity index (χ3v) is 4.81. The molecule has 6 heteroatoms. The second-order valence-electron chi connectivity index (χ2n) is 6.60. The zero-order valence-electron chi connectivity index (χ0n) is 15.3. The number of amides is 1. The van der Waals surface area contributed by atoms with E-state index < -0.39 is 5.97 Å². The summed E-state index contributed by atoms with van der Waals surface area (Å²) in [7, 11) is 0. The third kappa shape index (κ3) is 3.40. The van der Waals surface area contributed by atoms with Crippen LogP contribution in [0.2, 0.25) is 0 Å². The van der Waals surface area contributed by atoms with Crippen LogP contribution in [-0.4, -0.2) is 35.1 Å². The Bertz CT molecular complexity index is 877. The molecule has 26 heavy (non-hydrogen) atoms. The lowest BCUT2D eigenvalue weighted by Crippen LogP contribution is -2.31. The average Bonchev–Trinajstić information content (AvgIpc) is 2.60.